The average molecular weight is 308 g/mol. The minimum atomic E-state index is 0.602. The fourth-order valence-electron chi connectivity index (χ4n) is 3.11. The molecular weight excluding hydrogens is 288 g/mol. The number of rotatable bonds is 2. The third kappa shape index (κ3) is 2.72. The van der Waals surface area contributed by atoms with Gasteiger partial charge in [-0.25, -0.2) is 4.98 Å². The third-order valence-corrected chi connectivity index (χ3v) is 4.31. The Bertz CT molecular complexity index is 803. The van der Waals surface area contributed by atoms with E-state index in [1.807, 2.05) is 24.3 Å². The van der Waals surface area contributed by atoms with Gasteiger partial charge >= 0.3 is 0 Å². The molecule has 3 aromatic heterocycles. The van der Waals surface area contributed by atoms with E-state index in [9.17, 15) is 0 Å². The Hall–Kier alpha value is -2.63. The molecule has 1 aliphatic heterocycles. The lowest BCUT2D eigenvalue weighted by molar-refractivity contribution is 0.726. The van der Waals surface area contributed by atoms with Crippen molar-refractivity contribution < 1.29 is 0 Å². The van der Waals surface area contributed by atoms with E-state index in [4.69, 9.17) is 5.73 Å². The summed E-state index contributed by atoms with van der Waals surface area (Å²) in [7, 11) is 0. The Morgan fingerprint density at radius 3 is 2.57 bits per heavy atom. The number of hydrogen-bond donors (Lipinski definition) is 1. The zero-order chi connectivity index (χ0) is 15.6. The van der Waals surface area contributed by atoms with Gasteiger partial charge < -0.3 is 10.6 Å². The molecular formula is C17H20N6. The molecule has 4 heterocycles. The van der Waals surface area contributed by atoms with Crippen molar-refractivity contribution in [3.05, 3.63) is 36.5 Å². The summed E-state index contributed by atoms with van der Waals surface area (Å²) in [6.45, 7) is 2.16. The van der Waals surface area contributed by atoms with Gasteiger partial charge in [0.15, 0.2) is 5.65 Å². The first-order chi connectivity index (χ1) is 11.3. The zero-order valence-electron chi connectivity index (χ0n) is 13.0. The van der Waals surface area contributed by atoms with E-state index < -0.39 is 0 Å². The summed E-state index contributed by atoms with van der Waals surface area (Å²) in [5.74, 6) is 1.21. The van der Waals surface area contributed by atoms with Crippen LogP contribution in [0.4, 0.5) is 11.5 Å². The van der Waals surface area contributed by atoms with Crippen molar-refractivity contribution in [1.82, 2.24) is 19.6 Å². The number of aromatic nitrogens is 4. The smallest absolute Gasteiger partial charge is 0.200 e. The van der Waals surface area contributed by atoms with E-state index in [0.29, 0.717) is 11.6 Å². The van der Waals surface area contributed by atoms with Crippen molar-refractivity contribution in [1.29, 1.82) is 0 Å². The molecule has 0 atom stereocenters. The summed E-state index contributed by atoms with van der Waals surface area (Å²) in [5.41, 5.74) is 8.87. The van der Waals surface area contributed by atoms with Crippen molar-refractivity contribution in [2.45, 2.75) is 25.7 Å². The molecule has 0 aliphatic carbocycles. The Kier molecular flexibility index (Phi) is 3.57. The molecule has 0 bridgehead atoms. The van der Waals surface area contributed by atoms with Crippen LogP contribution in [0.1, 0.15) is 25.7 Å². The van der Waals surface area contributed by atoms with Crippen LogP contribution in [0.25, 0.3) is 17.2 Å². The molecule has 1 saturated heterocycles. The Labute approximate surface area is 135 Å². The summed E-state index contributed by atoms with van der Waals surface area (Å²) in [4.78, 5) is 11.3. The van der Waals surface area contributed by atoms with Crippen LogP contribution in [0.15, 0.2) is 36.5 Å². The molecule has 118 valence electrons. The number of pyridine rings is 2. The van der Waals surface area contributed by atoms with Gasteiger partial charge in [-0.1, -0.05) is 18.9 Å². The second kappa shape index (κ2) is 5.87. The van der Waals surface area contributed by atoms with Gasteiger partial charge in [0, 0.05) is 37.1 Å². The van der Waals surface area contributed by atoms with Gasteiger partial charge in [0.05, 0.1) is 0 Å². The molecule has 0 aromatic carbocycles. The largest absolute Gasteiger partial charge is 0.384 e. The minimum absolute atomic E-state index is 0.602. The fraction of sp³-hybridized carbons (Fsp3) is 0.353. The second-order valence-corrected chi connectivity index (χ2v) is 5.96. The molecule has 0 unspecified atom stereocenters. The molecule has 23 heavy (non-hydrogen) atoms. The van der Waals surface area contributed by atoms with Gasteiger partial charge in [-0.2, -0.15) is 4.52 Å². The summed E-state index contributed by atoms with van der Waals surface area (Å²) in [5, 5.41) is 4.49. The highest BCUT2D eigenvalue weighted by molar-refractivity contribution is 5.65. The number of nitrogens with two attached hydrogens (primary N) is 1. The van der Waals surface area contributed by atoms with E-state index >= 15 is 0 Å². The lowest BCUT2D eigenvalue weighted by Gasteiger charge is -2.22. The number of nitrogens with zero attached hydrogens (tertiary/aromatic N) is 5. The molecule has 0 spiro atoms. The van der Waals surface area contributed by atoms with Crippen molar-refractivity contribution >= 4 is 17.2 Å². The monoisotopic (exact) mass is 308 g/mol. The lowest BCUT2D eigenvalue weighted by Crippen LogP contribution is -2.24. The number of fused-ring (bicyclic) bond motifs is 1. The lowest BCUT2D eigenvalue weighted by atomic mass is 10.2. The van der Waals surface area contributed by atoms with E-state index in [2.05, 4.69) is 26.0 Å². The Morgan fingerprint density at radius 2 is 1.83 bits per heavy atom. The SMILES string of the molecule is Nc1cc(N2CCCCCC2)cc2nc(-c3ccccn3)nn12. The molecule has 1 fully saturated rings. The van der Waals surface area contributed by atoms with Crippen LogP contribution < -0.4 is 10.6 Å². The van der Waals surface area contributed by atoms with Crippen LogP contribution in [0.5, 0.6) is 0 Å². The molecule has 0 amide bonds. The summed E-state index contributed by atoms with van der Waals surface area (Å²) in [6.07, 6.45) is 6.83. The highest BCUT2D eigenvalue weighted by atomic mass is 15.3. The van der Waals surface area contributed by atoms with Crippen LogP contribution in [0.3, 0.4) is 0 Å². The molecule has 6 nitrogen and oxygen atoms in total. The Balaban J connectivity index is 1.75. The zero-order valence-corrected chi connectivity index (χ0v) is 13.0. The first kappa shape index (κ1) is 14.0. The van der Waals surface area contributed by atoms with E-state index in [1.54, 1.807) is 10.7 Å². The molecule has 1 aliphatic rings. The van der Waals surface area contributed by atoms with Gasteiger partial charge in [-0.15, -0.1) is 5.10 Å². The molecule has 6 heteroatoms. The fourth-order valence-corrected chi connectivity index (χ4v) is 3.11. The number of anilines is 2. The maximum absolute atomic E-state index is 6.21. The van der Waals surface area contributed by atoms with Gasteiger partial charge in [0.1, 0.15) is 11.5 Å². The normalized spacial score (nSPS) is 15.7. The predicted octanol–water partition coefficient (Wildman–Crippen LogP) is 2.75. The van der Waals surface area contributed by atoms with E-state index in [1.165, 1.54) is 25.7 Å². The topological polar surface area (TPSA) is 72.3 Å². The minimum Gasteiger partial charge on any atom is -0.384 e. The highest BCUT2D eigenvalue weighted by Crippen LogP contribution is 2.25. The average Bonchev–Trinajstić information content (AvgIpc) is 2.83. The van der Waals surface area contributed by atoms with Crippen LogP contribution in [-0.2, 0) is 0 Å². The quantitative estimate of drug-likeness (QED) is 0.788. The van der Waals surface area contributed by atoms with Crippen LogP contribution >= 0.6 is 0 Å². The highest BCUT2D eigenvalue weighted by Gasteiger charge is 2.15. The van der Waals surface area contributed by atoms with E-state index in [-0.39, 0.29) is 0 Å². The second-order valence-electron chi connectivity index (χ2n) is 5.96. The predicted molar refractivity (Wildman–Crippen MR) is 91.3 cm³/mol. The molecule has 4 rings (SSSR count). The molecule has 2 N–H and O–H groups in total. The van der Waals surface area contributed by atoms with Crippen molar-refractivity contribution in [3.8, 4) is 11.5 Å². The van der Waals surface area contributed by atoms with Crippen molar-refractivity contribution in [2.75, 3.05) is 23.7 Å². The maximum atomic E-state index is 6.21. The Morgan fingerprint density at radius 1 is 1.00 bits per heavy atom. The van der Waals surface area contributed by atoms with Crippen molar-refractivity contribution in [3.63, 3.8) is 0 Å². The number of nitrogen functional groups attached to an aromatic ring is 1. The first-order valence-electron chi connectivity index (χ1n) is 8.14. The standard InChI is InChI=1S/C17H20N6/c18-15-11-13(22-9-5-1-2-6-10-22)12-16-20-17(21-23(15)16)14-7-3-4-8-19-14/h3-4,7-8,11-12H,1-2,5-6,9-10,18H2. The summed E-state index contributed by atoms with van der Waals surface area (Å²) in [6, 6.07) is 9.78. The molecule has 3 aromatic rings. The molecule has 0 saturated carbocycles. The van der Waals surface area contributed by atoms with Crippen LogP contribution in [-0.4, -0.2) is 32.7 Å². The maximum Gasteiger partial charge on any atom is 0.200 e. The summed E-state index contributed by atoms with van der Waals surface area (Å²) < 4.78 is 1.69. The molecule has 0 radical (unpaired) electrons. The van der Waals surface area contributed by atoms with E-state index in [0.717, 1.165) is 30.1 Å². The van der Waals surface area contributed by atoms with Gasteiger partial charge in [-0.05, 0) is 25.0 Å². The van der Waals surface area contributed by atoms with Crippen LogP contribution in [0, 0.1) is 0 Å². The third-order valence-electron chi connectivity index (χ3n) is 4.31. The van der Waals surface area contributed by atoms with Gasteiger partial charge in [0.2, 0.25) is 5.82 Å². The first-order valence-corrected chi connectivity index (χ1v) is 8.14. The van der Waals surface area contributed by atoms with Crippen molar-refractivity contribution in [2.24, 2.45) is 0 Å². The summed E-state index contributed by atoms with van der Waals surface area (Å²) >= 11 is 0. The van der Waals surface area contributed by atoms with Crippen LogP contribution in [0.2, 0.25) is 0 Å². The van der Waals surface area contributed by atoms with Gasteiger partial charge in [0.25, 0.3) is 0 Å². The number of hydrogen-bond acceptors (Lipinski definition) is 5. The van der Waals surface area contributed by atoms with Gasteiger partial charge in [-0.3, -0.25) is 4.98 Å².